The normalized spacial score (nSPS) is 13.5. The Morgan fingerprint density at radius 3 is 2.39 bits per heavy atom. The minimum atomic E-state index is 0.0172. The molecule has 0 aromatic heterocycles. The van der Waals surface area contributed by atoms with Gasteiger partial charge in [0, 0.05) is 10.6 Å². The third-order valence-electron chi connectivity index (χ3n) is 4.45. The third-order valence-corrected chi connectivity index (χ3v) is 5.05. The summed E-state index contributed by atoms with van der Waals surface area (Å²) in [6, 6.07) is 9.80. The minimum Gasteiger partial charge on any atom is -0.485 e. The van der Waals surface area contributed by atoms with Gasteiger partial charge in [-0.25, -0.2) is 0 Å². The van der Waals surface area contributed by atoms with Gasteiger partial charge in [0.2, 0.25) is 0 Å². The van der Waals surface area contributed by atoms with E-state index in [1.54, 1.807) is 0 Å². The summed E-state index contributed by atoms with van der Waals surface area (Å²) in [5.74, 6) is 0.708. The van der Waals surface area contributed by atoms with Crippen LogP contribution in [0.15, 0.2) is 30.3 Å². The highest BCUT2D eigenvalue weighted by Gasteiger charge is 2.13. The summed E-state index contributed by atoms with van der Waals surface area (Å²) in [4.78, 5) is 12.4. The van der Waals surface area contributed by atoms with E-state index >= 15 is 0 Å². The molecule has 1 aliphatic carbocycles. The van der Waals surface area contributed by atoms with Crippen molar-refractivity contribution in [1.82, 2.24) is 0 Å². The zero-order valence-electron chi connectivity index (χ0n) is 13.6. The molecule has 0 unspecified atom stereocenters. The van der Waals surface area contributed by atoms with Gasteiger partial charge in [-0.2, -0.15) is 0 Å². The number of ether oxygens (including phenoxy) is 1. The van der Waals surface area contributed by atoms with Crippen LogP contribution in [0.1, 0.15) is 45.5 Å². The summed E-state index contributed by atoms with van der Waals surface area (Å²) in [5.41, 5.74) is 5.37. The van der Waals surface area contributed by atoms with Gasteiger partial charge in [-0.3, -0.25) is 4.79 Å². The molecule has 0 saturated heterocycles. The van der Waals surface area contributed by atoms with Crippen molar-refractivity contribution >= 4 is 17.4 Å². The summed E-state index contributed by atoms with van der Waals surface area (Å²) in [6.45, 7) is 3.93. The molecule has 0 amide bonds. The van der Waals surface area contributed by atoms with E-state index in [1.807, 2.05) is 38.1 Å². The SMILES string of the molecule is Cc1cc(OCC(=O)c2ccc3c(c2)CCCC3)cc(C)c1Cl. The van der Waals surface area contributed by atoms with Crippen LogP contribution < -0.4 is 4.74 Å². The molecule has 120 valence electrons. The van der Waals surface area contributed by atoms with E-state index in [-0.39, 0.29) is 12.4 Å². The molecule has 0 heterocycles. The number of carbonyl (C=O) groups excluding carboxylic acids is 1. The first-order chi connectivity index (χ1) is 11.0. The summed E-state index contributed by atoms with van der Waals surface area (Å²) < 4.78 is 5.67. The summed E-state index contributed by atoms with van der Waals surface area (Å²) >= 11 is 6.15. The van der Waals surface area contributed by atoms with Crippen LogP contribution in [-0.4, -0.2) is 12.4 Å². The molecular weight excluding hydrogens is 308 g/mol. The van der Waals surface area contributed by atoms with E-state index in [0.717, 1.165) is 34.6 Å². The van der Waals surface area contributed by atoms with Crippen LogP contribution in [0.3, 0.4) is 0 Å². The Bertz CT molecular complexity index is 726. The number of carbonyl (C=O) groups is 1. The molecule has 0 atom stereocenters. The Balaban J connectivity index is 1.70. The Morgan fingerprint density at radius 1 is 1.04 bits per heavy atom. The Hall–Kier alpha value is -1.80. The number of benzene rings is 2. The second-order valence-corrected chi connectivity index (χ2v) is 6.65. The van der Waals surface area contributed by atoms with Crippen LogP contribution >= 0.6 is 11.6 Å². The van der Waals surface area contributed by atoms with E-state index in [0.29, 0.717) is 5.75 Å². The molecule has 2 aromatic rings. The fraction of sp³-hybridized carbons (Fsp3) is 0.350. The van der Waals surface area contributed by atoms with Crippen LogP contribution in [0.5, 0.6) is 5.75 Å². The highest BCUT2D eigenvalue weighted by atomic mass is 35.5. The minimum absolute atomic E-state index is 0.0172. The van der Waals surface area contributed by atoms with Crippen LogP contribution in [0.2, 0.25) is 5.02 Å². The van der Waals surface area contributed by atoms with Gasteiger partial charge in [0.25, 0.3) is 0 Å². The van der Waals surface area contributed by atoms with Crippen molar-refractivity contribution in [1.29, 1.82) is 0 Å². The van der Waals surface area contributed by atoms with Gasteiger partial charge in [-0.05, 0) is 80.0 Å². The van der Waals surface area contributed by atoms with Crippen molar-refractivity contribution < 1.29 is 9.53 Å². The molecule has 0 spiro atoms. The maximum atomic E-state index is 12.4. The van der Waals surface area contributed by atoms with Gasteiger partial charge in [0.05, 0.1) is 0 Å². The molecule has 23 heavy (non-hydrogen) atoms. The van der Waals surface area contributed by atoms with Gasteiger partial charge in [-0.15, -0.1) is 0 Å². The Morgan fingerprint density at radius 2 is 1.70 bits per heavy atom. The van der Waals surface area contributed by atoms with E-state index in [4.69, 9.17) is 16.3 Å². The number of rotatable bonds is 4. The average Bonchev–Trinajstić information content (AvgIpc) is 2.57. The van der Waals surface area contributed by atoms with Crippen molar-refractivity contribution in [2.45, 2.75) is 39.5 Å². The molecule has 2 nitrogen and oxygen atoms in total. The predicted molar refractivity (Wildman–Crippen MR) is 93.8 cm³/mol. The lowest BCUT2D eigenvalue weighted by Crippen LogP contribution is -2.13. The molecule has 0 bridgehead atoms. The molecule has 2 aromatic carbocycles. The molecule has 0 radical (unpaired) electrons. The molecule has 0 aliphatic heterocycles. The maximum absolute atomic E-state index is 12.4. The standard InChI is InChI=1S/C20H21ClO2/c1-13-9-18(10-14(2)20(13)21)23-12-19(22)17-8-7-15-5-3-4-6-16(15)11-17/h7-11H,3-6,12H2,1-2H3. The summed E-state index contributed by atoms with van der Waals surface area (Å²) in [5, 5.41) is 0.748. The van der Waals surface area contributed by atoms with Crippen molar-refractivity contribution in [3.63, 3.8) is 0 Å². The van der Waals surface area contributed by atoms with Crippen LogP contribution in [0, 0.1) is 13.8 Å². The van der Waals surface area contributed by atoms with Crippen LogP contribution in [-0.2, 0) is 12.8 Å². The van der Waals surface area contributed by atoms with Gasteiger partial charge in [-0.1, -0.05) is 23.7 Å². The van der Waals surface area contributed by atoms with Crippen LogP contribution in [0.4, 0.5) is 0 Å². The molecule has 0 fully saturated rings. The molecule has 3 rings (SSSR count). The van der Waals surface area contributed by atoms with E-state index < -0.39 is 0 Å². The molecule has 0 saturated carbocycles. The third kappa shape index (κ3) is 3.59. The van der Waals surface area contributed by atoms with Gasteiger partial charge >= 0.3 is 0 Å². The molecule has 1 aliphatic rings. The molecule has 3 heteroatoms. The van der Waals surface area contributed by atoms with Crippen molar-refractivity contribution in [2.75, 3.05) is 6.61 Å². The maximum Gasteiger partial charge on any atom is 0.200 e. The number of hydrogen-bond donors (Lipinski definition) is 0. The topological polar surface area (TPSA) is 26.3 Å². The van der Waals surface area contributed by atoms with Gasteiger partial charge in [0.1, 0.15) is 5.75 Å². The van der Waals surface area contributed by atoms with Gasteiger partial charge < -0.3 is 4.74 Å². The quantitative estimate of drug-likeness (QED) is 0.730. The zero-order chi connectivity index (χ0) is 16.4. The largest absolute Gasteiger partial charge is 0.485 e. The van der Waals surface area contributed by atoms with Crippen LogP contribution in [0.25, 0.3) is 0 Å². The van der Waals surface area contributed by atoms with E-state index in [1.165, 1.54) is 24.0 Å². The number of hydrogen-bond acceptors (Lipinski definition) is 2. The van der Waals surface area contributed by atoms with Gasteiger partial charge in [0.15, 0.2) is 12.4 Å². The molecule has 0 N–H and O–H groups in total. The number of Topliss-reactive ketones (excluding diaryl/α,β-unsaturated/α-hetero) is 1. The average molecular weight is 329 g/mol. The highest BCUT2D eigenvalue weighted by molar-refractivity contribution is 6.32. The van der Waals surface area contributed by atoms with Crippen molar-refractivity contribution in [2.24, 2.45) is 0 Å². The fourth-order valence-electron chi connectivity index (χ4n) is 3.13. The monoisotopic (exact) mass is 328 g/mol. The number of ketones is 1. The first-order valence-electron chi connectivity index (χ1n) is 8.09. The summed E-state index contributed by atoms with van der Waals surface area (Å²) in [7, 11) is 0. The lowest BCUT2D eigenvalue weighted by molar-refractivity contribution is 0.0921. The number of fused-ring (bicyclic) bond motifs is 1. The second kappa shape index (κ2) is 6.76. The number of aryl methyl sites for hydroxylation is 4. The Kier molecular flexibility index (Phi) is 4.72. The highest BCUT2D eigenvalue weighted by Crippen LogP contribution is 2.26. The first kappa shape index (κ1) is 16.1. The predicted octanol–water partition coefficient (Wildman–Crippen LogP) is 5.10. The van der Waals surface area contributed by atoms with E-state index in [2.05, 4.69) is 6.07 Å². The molecular formula is C20H21ClO2. The lowest BCUT2D eigenvalue weighted by atomic mass is 9.90. The summed E-state index contributed by atoms with van der Waals surface area (Å²) in [6.07, 6.45) is 4.67. The smallest absolute Gasteiger partial charge is 0.200 e. The first-order valence-corrected chi connectivity index (χ1v) is 8.47. The number of halogens is 1. The van der Waals surface area contributed by atoms with E-state index in [9.17, 15) is 4.79 Å². The fourth-order valence-corrected chi connectivity index (χ4v) is 3.24. The lowest BCUT2D eigenvalue weighted by Gasteiger charge is -2.16. The zero-order valence-corrected chi connectivity index (χ0v) is 14.4. The van der Waals surface area contributed by atoms with Crippen molar-refractivity contribution in [3.8, 4) is 5.75 Å². The Labute approximate surface area is 142 Å². The second-order valence-electron chi connectivity index (χ2n) is 6.27. The van der Waals surface area contributed by atoms with Crippen molar-refractivity contribution in [3.05, 3.63) is 63.2 Å².